The molecular formula is C37H42ClN3O5S2. The van der Waals surface area contributed by atoms with Crippen LogP contribution < -0.4 is 14.4 Å². The summed E-state index contributed by atoms with van der Waals surface area (Å²) >= 11 is 7.83. The Bertz CT molecular complexity index is 1750. The van der Waals surface area contributed by atoms with Crippen LogP contribution in [0.25, 0.3) is 0 Å². The molecule has 48 heavy (non-hydrogen) atoms. The van der Waals surface area contributed by atoms with Crippen molar-refractivity contribution in [1.29, 1.82) is 0 Å². The maximum Gasteiger partial charge on any atom is 0.264 e. The van der Waals surface area contributed by atoms with Crippen LogP contribution in [0.2, 0.25) is 5.02 Å². The van der Waals surface area contributed by atoms with Gasteiger partial charge in [-0.3, -0.25) is 13.9 Å². The number of benzene rings is 4. The first kappa shape index (κ1) is 36.8. The summed E-state index contributed by atoms with van der Waals surface area (Å²) in [6.07, 6.45) is 2.83. The second-order valence-corrected chi connectivity index (χ2v) is 14.5. The Morgan fingerprint density at radius 2 is 1.56 bits per heavy atom. The molecule has 0 radical (unpaired) electrons. The normalized spacial score (nSPS) is 12.5. The third-order valence-corrected chi connectivity index (χ3v) is 10.6. The monoisotopic (exact) mass is 707 g/mol. The van der Waals surface area contributed by atoms with E-state index in [0.717, 1.165) is 14.8 Å². The zero-order valence-electron chi connectivity index (χ0n) is 27.6. The molecule has 0 aliphatic rings. The number of anilines is 1. The molecule has 0 unspecified atom stereocenters. The number of hydrogen-bond donors (Lipinski definition) is 1. The second-order valence-electron chi connectivity index (χ2n) is 11.3. The van der Waals surface area contributed by atoms with Crippen molar-refractivity contribution < 1.29 is 22.7 Å². The first-order valence-corrected chi connectivity index (χ1v) is 18.9. The van der Waals surface area contributed by atoms with E-state index in [2.05, 4.69) is 5.32 Å². The number of ether oxygens (including phenoxy) is 1. The fraction of sp³-hybridized carbons (Fsp3) is 0.297. The number of halogens is 1. The molecule has 0 aliphatic heterocycles. The van der Waals surface area contributed by atoms with Crippen molar-refractivity contribution in [2.75, 3.05) is 23.7 Å². The molecular weight excluding hydrogens is 666 g/mol. The minimum absolute atomic E-state index is 0.0321. The Balaban J connectivity index is 1.81. The van der Waals surface area contributed by atoms with Crippen LogP contribution in [0.4, 0.5) is 5.69 Å². The summed E-state index contributed by atoms with van der Waals surface area (Å²) in [7, 11) is -4.23. The number of carbonyl (C=O) groups is 2. The summed E-state index contributed by atoms with van der Waals surface area (Å²) in [6, 6.07) is 28.6. The average Bonchev–Trinajstić information content (AvgIpc) is 3.09. The van der Waals surface area contributed by atoms with Crippen molar-refractivity contribution in [2.24, 2.45) is 0 Å². The standard InChI is InChI=1S/C37H42ClN3O5S2/c1-5-27(3)39-37(43)35(24-28-11-8-7-9-12-28)40(25-29-13-10-14-30(38)23-29)36(42)26-41(31-15-17-32(18-16-31)46-6-2)48(44,45)34-21-19-33(47-4)20-22-34/h7-23,27,35H,5-6,24-26H2,1-4H3,(H,39,43)/t27-,35-/m1/s1. The van der Waals surface area contributed by atoms with Crippen LogP contribution in [0.3, 0.4) is 0 Å². The van der Waals surface area contributed by atoms with Gasteiger partial charge in [-0.05, 0) is 98.3 Å². The highest BCUT2D eigenvalue weighted by molar-refractivity contribution is 7.98. The van der Waals surface area contributed by atoms with Crippen molar-refractivity contribution in [3.05, 3.63) is 119 Å². The van der Waals surface area contributed by atoms with Crippen molar-refractivity contribution in [3.63, 3.8) is 0 Å². The summed E-state index contributed by atoms with van der Waals surface area (Å²) in [4.78, 5) is 31.0. The molecule has 0 heterocycles. The molecule has 0 fully saturated rings. The molecule has 11 heteroatoms. The molecule has 1 N–H and O–H groups in total. The van der Waals surface area contributed by atoms with Gasteiger partial charge >= 0.3 is 0 Å². The van der Waals surface area contributed by atoms with Gasteiger partial charge in [-0.2, -0.15) is 0 Å². The van der Waals surface area contributed by atoms with Gasteiger partial charge in [-0.15, -0.1) is 11.8 Å². The van der Waals surface area contributed by atoms with Gasteiger partial charge in [0.15, 0.2) is 0 Å². The molecule has 0 aliphatic carbocycles. The van der Waals surface area contributed by atoms with Crippen LogP contribution in [0.5, 0.6) is 5.75 Å². The Morgan fingerprint density at radius 1 is 0.896 bits per heavy atom. The van der Waals surface area contributed by atoms with E-state index < -0.39 is 28.5 Å². The van der Waals surface area contributed by atoms with Crippen molar-refractivity contribution >= 4 is 50.9 Å². The third kappa shape index (κ3) is 9.78. The van der Waals surface area contributed by atoms with E-state index in [4.69, 9.17) is 16.3 Å². The Kier molecular flexibility index (Phi) is 13.4. The molecule has 2 amide bonds. The van der Waals surface area contributed by atoms with E-state index in [1.807, 2.05) is 63.4 Å². The highest BCUT2D eigenvalue weighted by Crippen LogP contribution is 2.28. The number of nitrogens with one attached hydrogen (secondary N) is 1. The first-order chi connectivity index (χ1) is 23.0. The number of thioether (sulfide) groups is 1. The summed E-state index contributed by atoms with van der Waals surface area (Å²) in [6.45, 7) is 5.66. The number of carbonyl (C=O) groups excluding carboxylic acids is 2. The minimum Gasteiger partial charge on any atom is -0.494 e. The van der Waals surface area contributed by atoms with E-state index >= 15 is 0 Å². The van der Waals surface area contributed by atoms with Gasteiger partial charge in [0.2, 0.25) is 11.8 Å². The van der Waals surface area contributed by atoms with Gasteiger partial charge in [0.25, 0.3) is 10.0 Å². The Labute approximate surface area is 293 Å². The lowest BCUT2D eigenvalue weighted by Crippen LogP contribution is -2.54. The molecule has 0 bridgehead atoms. The summed E-state index contributed by atoms with van der Waals surface area (Å²) in [5.41, 5.74) is 1.84. The van der Waals surface area contributed by atoms with E-state index in [-0.39, 0.29) is 35.5 Å². The van der Waals surface area contributed by atoms with Crippen molar-refractivity contribution in [3.8, 4) is 5.75 Å². The van der Waals surface area contributed by atoms with Gasteiger partial charge in [-0.1, -0.05) is 61.0 Å². The molecule has 0 aromatic heterocycles. The lowest BCUT2D eigenvalue weighted by molar-refractivity contribution is -0.140. The van der Waals surface area contributed by atoms with Crippen LogP contribution in [-0.2, 0) is 32.6 Å². The number of hydrogen-bond acceptors (Lipinski definition) is 6. The lowest BCUT2D eigenvalue weighted by Gasteiger charge is -2.34. The number of sulfonamides is 1. The highest BCUT2D eigenvalue weighted by atomic mass is 35.5. The lowest BCUT2D eigenvalue weighted by atomic mass is 10.0. The largest absolute Gasteiger partial charge is 0.494 e. The number of amides is 2. The fourth-order valence-corrected chi connectivity index (χ4v) is 7.14. The van der Waals surface area contributed by atoms with Crippen LogP contribution in [0, 0.1) is 0 Å². The second kappa shape index (κ2) is 17.4. The molecule has 254 valence electrons. The smallest absolute Gasteiger partial charge is 0.264 e. The van der Waals surface area contributed by atoms with Gasteiger partial charge < -0.3 is 15.0 Å². The predicted octanol–water partition coefficient (Wildman–Crippen LogP) is 7.21. The Morgan fingerprint density at radius 3 is 2.17 bits per heavy atom. The molecule has 8 nitrogen and oxygen atoms in total. The quantitative estimate of drug-likeness (QED) is 0.124. The maximum absolute atomic E-state index is 14.6. The molecule has 0 saturated heterocycles. The van der Waals surface area contributed by atoms with Gasteiger partial charge in [0.05, 0.1) is 17.2 Å². The topological polar surface area (TPSA) is 96.0 Å². The minimum atomic E-state index is -4.23. The van der Waals surface area contributed by atoms with Gasteiger partial charge in [-0.25, -0.2) is 8.42 Å². The van der Waals surface area contributed by atoms with Crippen LogP contribution in [0.1, 0.15) is 38.3 Å². The average molecular weight is 708 g/mol. The molecule has 2 atom stereocenters. The predicted molar refractivity (Wildman–Crippen MR) is 194 cm³/mol. The van der Waals surface area contributed by atoms with Gasteiger partial charge in [0.1, 0.15) is 18.3 Å². The van der Waals surface area contributed by atoms with Gasteiger partial charge in [0, 0.05) is 28.9 Å². The van der Waals surface area contributed by atoms with Crippen molar-refractivity contribution in [1.82, 2.24) is 10.2 Å². The maximum atomic E-state index is 14.6. The van der Waals surface area contributed by atoms with E-state index in [1.54, 1.807) is 54.6 Å². The number of nitrogens with zero attached hydrogens (tertiary/aromatic N) is 2. The summed E-state index contributed by atoms with van der Waals surface area (Å²) in [5.74, 6) is -0.304. The summed E-state index contributed by atoms with van der Waals surface area (Å²) in [5, 5.41) is 3.53. The highest BCUT2D eigenvalue weighted by Gasteiger charge is 2.35. The molecule has 4 aromatic carbocycles. The molecule has 4 rings (SSSR count). The SMILES string of the molecule is CCOc1ccc(N(CC(=O)N(Cc2cccc(Cl)c2)[C@H](Cc2ccccc2)C(=O)N[C@H](C)CC)S(=O)(=O)c2ccc(SC)cc2)cc1. The van der Waals surface area contributed by atoms with E-state index in [0.29, 0.717) is 29.4 Å². The van der Waals surface area contributed by atoms with E-state index in [1.165, 1.54) is 28.8 Å². The fourth-order valence-electron chi connectivity index (χ4n) is 5.11. The first-order valence-electron chi connectivity index (χ1n) is 15.8. The Hall–Kier alpha value is -3.99. The van der Waals surface area contributed by atoms with Crippen LogP contribution >= 0.6 is 23.4 Å². The molecule has 0 spiro atoms. The number of rotatable bonds is 16. The van der Waals surface area contributed by atoms with Crippen molar-refractivity contribution in [2.45, 2.75) is 62.0 Å². The van der Waals surface area contributed by atoms with E-state index in [9.17, 15) is 18.0 Å². The zero-order valence-corrected chi connectivity index (χ0v) is 30.0. The summed E-state index contributed by atoms with van der Waals surface area (Å²) < 4.78 is 35.3. The van der Waals surface area contributed by atoms with Crippen LogP contribution in [-0.4, -0.2) is 56.6 Å². The molecule has 4 aromatic rings. The zero-order chi connectivity index (χ0) is 34.7. The molecule has 0 saturated carbocycles. The van der Waals surface area contributed by atoms with Crippen LogP contribution in [0.15, 0.2) is 113 Å². The third-order valence-electron chi connectivity index (χ3n) is 7.88.